The number of nitrogens with zero attached hydrogens (tertiary/aromatic N) is 1. The van der Waals surface area contributed by atoms with Crippen LogP contribution in [0.2, 0.25) is 0 Å². The van der Waals surface area contributed by atoms with Gasteiger partial charge in [-0.15, -0.1) is 0 Å². The molecule has 0 fully saturated rings. The van der Waals surface area contributed by atoms with Crippen molar-refractivity contribution in [2.24, 2.45) is 10.8 Å². The van der Waals surface area contributed by atoms with E-state index in [1.165, 1.54) is 0 Å². The number of nitrogens with one attached hydrogen (secondary N) is 1. The summed E-state index contributed by atoms with van der Waals surface area (Å²) in [6, 6.07) is 3.69. The molecule has 0 bridgehead atoms. The molecule has 0 heterocycles. The molecule has 0 atom stereocenters. The average molecular weight is 360 g/mol. The third-order valence-electron chi connectivity index (χ3n) is 2.42. The first-order chi connectivity index (χ1) is 9.58. The van der Waals surface area contributed by atoms with E-state index in [1.54, 1.807) is 13.3 Å². The smallest absolute Gasteiger partial charge is 0.184 e. The molecule has 0 aromatic heterocycles. The maximum atomic E-state index is 5.69. The molecule has 1 aromatic carbocycles. The standard InChI is InChI=1S/C13H18BrN3O2S/c1-3-4-5-19-12-7-10(14)9(6-11(12)18-2)8-16-17-13(15)20/h6-8H,3-5H2,1-2H3,(H3,15,17,20)/b16-8+. The summed E-state index contributed by atoms with van der Waals surface area (Å²) in [6.07, 6.45) is 3.68. The summed E-state index contributed by atoms with van der Waals surface area (Å²) in [6.45, 7) is 2.78. The normalized spacial score (nSPS) is 10.6. The number of hydrogen-bond donors (Lipinski definition) is 2. The molecule has 0 saturated carbocycles. The van der Waals surface area contributed by atoms with Gasteiger partial charge in [-0.3, -0.25) is 5.43 Å². The average Bonchev–Trinajstić information content (AvgIpc) is 2.41. The fourth-order valence-electron chi connectivity index (χ4n) is 1.41. The third kappa shape index (κ3) is 5.34. The van der Waals surface area contributed by atoms with Crippen LogP contribution >= 0.6 is 28.1 Å². The van der Waals surface area contributed by atoms with Gasteiger partial charge in [0.15, 0.2) is 16.6 Å². The number of rotatable bonds is 7. The molecule has 5 nitrogen and oxygen atoms in total. The van der Waals surface area contributed by atoms with Gasteiger partial charge in [-0.25, -0.2) is 0 Å². The number of thiocarbonyl (C=S) groups is 1. The van der Waals surface area contributed by atoms with Crippen LogP contribution in [0.4, 0.5) is 0 Å². The van der Waals surface area contributed by atoms with E-state index in [-0.39, 0.29) is 5.11 Å². The van der Waals surface area contributed by atoms with Gasteiger partial charge in [0, 0.05) is 10.0 Å². The minimum atomic E-state index is 0.115. The fourth-order valence-corrected chi connectivity index (χ4v) is 1.89. The molecule has 0 spiro atoms. The van der Waals surface area contributed by atoms with Gasteiger partial charge in [0.1, 0.15) is 0 Å². The second kappa shape index (κ2) is 8.76. The molecule has 0 unspecified atom stereocenters. The van der Waals surface area contributed by atoms with E-state index in [0.717, 1.165) is 22.9 Å². The number of benzene rings is 1. The first-order valence-electron chi connectivity index (χ1n) is 6.17. The Labute approximate surface area is 132 Å². The topological polar surface area (TPSA) is 68.9 Å². The highest BCUT2D eigenvalue weighted by Gasteiger charge is 2.09. The van der Waals surface area contributed by atoms with Crippen LogP contribution in [0.5, 0.6) is 11.5 Å². The summed E-state index contributed by atoms with van der Waals surface area (Å²) in [5.41, 5.74) is 8.62. The quantitative estimate of drug-likeness (QED) is 0.339. The van der Waals surface area contributed by atoms with Gasteiger partial charge in [0.25, 0.3) is 0 Å². The van der Waals surface area contributed by atoms with Crippen LogP contribution in [0, 0.1) is 0 Å². The lowest BCUT2D eigenvalue weighted by Gasteiger charge is -2.12. The van der Waals surface area contributed by atoms with E-state index < -0.39 is 0 Å². The summed E-state index contributed by atoms with van der Waals surface area (Å²) in [7, 11) is 1.60. The summed E-state index contributed by atoms with van der Waals surface area (Å²) >= 11 is 8.14. The van der Waals surface area contributed by atoms with Crippen LogP contribution < -0.4 is 20.6 Å². The monoisotopic (exact) mass is 359 g/mol. The number of methoxy groups -OCH3 is 1. The SMILES string of the molecule is CCCCOc1cc(Br)c(/C=N/NC(N)=S)cc1OC. The highest BCUT2D eigenvalue weighted by Crippen LogP contribution is 2.33. The van der Waals surface area contributed by atoms with Crippen molar-refractivity contribution in [3.05, 3.63) is 22.2 Å². The first kappa shape index (κ1) is 16.7. The zero-order chi connectivity index (χ0) is 15.0. The van der Waals surface area contributed by atoms with E-state index in [0.29, 0.717) is 18.1 Å². The van der Waals surface area contributed by atoms with E-state index in [1.807, 2.05) is 12.1 Å². The molecular formula is C13H18BrN3O2S. The Balaban J connectivity index is 2.88. The maximum Gasteiger partial charge on any atom is 0.184 e. The molecular weight excluding hydrogens is 342 g/mol. The Bertz CT molecular complexity index is 495. The van der Waals surface area contributed by atoms with Crippen molar-refractivity contribution >= 4 is 39.5 Å². The van der Waals surface area contributed by atoms with E-state index in [2.05, 4.69) is 45.6 Å². The molecule has 0 aliphatic carbocycles. The van der Waals surface area contributed by atoms with Gasteiger partial charge in [-0.1, -0.05) is 13.3 Å². The van der Waals surface area contributed by atoms with Gasteiger partial charge in [0.05, 0.1) is 19.9 Å². The van der Waals surface area contributed by atoms with E-state index in [9.17, 15) is 0 Å². The zero-order valence-electron chi connectivity index (χ0n) is 11.5. The number of hydrazone groups is 1. The molecule has 0 aliphatic rings. The highest BCUT2D eigenvalue weighted by atomic mass is 79.9. The highest BCUT2D eigenvalue weighted by molar-refractivity contribution is 9.10. The summed E-state index contributed by atoms with van der Waals surface area (Å²) < 4.78 is 11.9. The van der Waals surface area contributed by atoms with E-state index >= 15 is 0 Å². The second-order valence-electron chi connectivity index (χ2n) is 3.96. The number of unbranched alkanes of at least 4 members (excludes halogenated alkanes) is 1. The lowest BCUT2D eigenvalue weighted by molar-refractivity contribution is 0.288. The van der Waals surface area contributed by atoms with Crippen LogP contribution in [-0.4, -0.2) is 25.0 Å². The lowest BCUT2D eigenvalue weighted by atomic mass is 10.2. The predicted octanol–water partition coefficient (Wildman–Crippen LogP) is 2.80. The van der Waals surface area contributed by atoms with E-state index in [4.69, 9.17) is 15.2 Å². The van der Waals surface area contributed by atoms with Gasteiger partial charge < -0.3 is 15.2 Å². The maximum absolute atomic E-state index is 5.69. The molecule has 1 rings (SSSR count). The minimum absolute atomic E-state index is 0.115. The number of nitrogens with two attached hydrogens (primary N) is 1. The molecule has 3 N–H and O–H groups in total. The van der Waals surface area contributed by atoms with Gasteiger partial charge >= 0.3 is 0 Å². The second-order valence-corrected chi connectivity index (χ2v) is 5.26. The summed E-state index contributed by atoms with van der Waals surface area (Å²) in [4.78, 5) is 0. The Morgan fingerprint density at radius 3 is 2.85 bits per heavy atom. The Morgan fingerprint density at radius 1 is 1.50 bits per heavy atom. The van der Waals surface area contributed by atoms with Crippen LogP contribution in [0.25, 0.3) is 0 Å². The molecule has 0 saturated heterocycles. The molecule has 1 aromatic rings. The first-order valence-corrected chi connectivity index (χ1v) is 7.37. The molecule has 0 radical (unpaired) electrons. The van der Waals surface area contributed by atoms with Gasteiger partial charge in [-0.2, -0.15) is 5.10 Å². The van der Waals surface area contributed by atoms with Crippen molar-refractivity contribution in [3.63, 3.8) is 0 Å². The van der Waals surface area contributed by atoms with Gasteiger partial charge in [-0.05, 0) is 46.7 Å². The van der Waals surface area contributed by atoms with Gasteiger partial charge in [0.2, 0.25) is 0 Å². The summed E-state index contributed by atoms with van der Waals surface area (Å²) in [5.74, 6) is 1.35. The fraction of sp³-hybridized carbons (Fsp3) is 0.385. The van der Waals surface area contributed by atoms with Crippen molar-refractivity contribution in [2.45, 2.75) is 19.8 Å². The predicted molar refractivity (Wildman–Crippen MR) is 88.6 cm³/mol. The molecule has 20 heavy (non-hydrogen) atoms. The largest absolute Gasteiger partial charge is 0.493 e. The van der Waals surface area contributed by atoms with Crippen LogP contribution in [0.1, 0.15) is 25.3 Å². The lowest BCUT2D eigenvalue weighted by Crippen LogP contribution is -2.24. The number of ether oxygens (including phenoxy) is 2. The Morgan fingerprint density at radius 2 is 2.25 bits per heavy atom. The summed E-state index contributed by atoms with van der Waals surface area (Å²) in [5, 5.41) is 4.03. The number of halogens is 1. The Hall–Kier alpha value is -1.34. The van der Waals surface area contributed by atoms with Crippen molar-refractivity contribution in [1.29, 1.82) is 0 Å². The molecule has 0 amide bonds. The molecule has 0 aliphatic heterocycles. The third-order valence-corrected chi connectivity index (χ3v) is 3.19. The van der Waals surface area contributed by atoms with Crippen molar-refractivity contribution in [2.75, 3.05) is 13.7 Å². The van der Waals surface area contributed by atoms with Crippen molar-refractivity contribution in [1.82, 2.24) is 5.43 Å². The minimum Gasteiger partial charge on any atom is -0.493 e. The van der Waals surface area contributed by atoms with Crippen LogP contribution in [0.15, 0.2) is 21.7 Å². The number of hydrogen-bond acceptors (Lipinski definition) is 4. The van der Waals surface area contributed by atoms with Crippen molar-refractivity contribution < 1.29 is 9.47 Å². The van der Waals surface area contributed by atoms with Crippen LogP contribution in [-0.2, 0) is 0 Å². The van der Waals surface area contributed by atoms with Crippen molar-refractivity contribution in [3.8, 4) is 11.5 Å². The molecule has 7 heteroatoms. The zero-order valence-corrected chi connectivity index (χ0v) is 13.9. The molecule has 110 valence electrons. The van der Waals surface area contributed by atoms with Crippen LogP contribution in [0.3, 0.4) is 0 Å². The Kier molecular flexibility index (Phi) is 7.32.